The summed E-state index contributed by atoms with van der Waals surface area (Å²) < 4.78 is 17.2. The third-order valence-corrected chi connectivity index (χ3v) is 5.57. The van der Waals surface area contributed by atoms with Gasteiger partial charge in [0.15, 0.2) is 0 Å². The van der Waals surface area contributed by atoms with Gasteiger partial charge in [0, 0.05) is 19.1 Å². The fourth-order valence-corrected chi connectivity index (χ4v) is 4.10. The van der Waals surface area contributed by atoms with E-state index in [1.54, 1.807) is 7.11 Å². The highest BCUT2D eigenvalue weighted by molar-refractivity contribution is 6.61. The molecule has 1 aromatic rings. The lowest BCUT2D eigenvalue weighted by Crippen LogP contribution is -2.46. The van der Waals surface area contributed by atoms with Crippen molar-refractivity contribution in [2.75, 3.05) is 20.3 Å². The minimum atomic E-state index is -0.214. The summed E-state index contributed by atoms with van der Waals surface area (Å²) in [5.41, 5.74) is 1.08. The summed E-state index contributed by atoms with van der Waals surface area (Å²) in [6, 6.07) is 7.98. The van der Waals surface area contributed by atoms with Crippen molar-refractivity contribution < 1.29 is 14.0 Å². The van der Waals surface area contributed by atoms with Crippen LogP contribution in [0.25, 0.3) is 0 Å². The van der Waals surface area contributed by atoms with Gasteiger partial charge in [0.1, 0.15) is 5.75 Å². The number of ether oxygens (including phenoxy) is 1. The second-order valence-electron chi connectivity index (χ2n) is 7.10. The second-order valence-corrected chi connectivity index (χ2v) is 7.10. The van der Waals surface area contributed by atoms with Crippen molar-refractivity contribution in [1.29, 1.82) is 0 Å². The van der Waals surface area contributed by atoms with E-state index in [4.69, 9.17) is 14.0 Å². The van der Waals surface area contributed by atoms with Crippen LogP contribution in [0.1, 0.15) is 45.4 Å². The van der Waals surface area contributed by atoms with Crippen LogP contribution in [0.2, 0.25) is 0 Å². The Morgan fingerprint density at radius 3 is 2.22 bits per heavy atom. The minimum Gasteiger partial charge on any atom is -0.497 e. The fraction of sp³-hybridized carbons (Fsp3) is 0.684. The van der Waals surface area contributed by atoms with Gasteiger partial charge in [0.2, 0.25) is 0 Å². The first kappa shape index (κ1) is 16.8. The van der Waals surface area contributed by atoms with E-state index in [0.717, 1.165) is 36.3 Å². The van der Waals surface area contributed by atoms with Crippen molar-refractivity contribution in [3.63, 3.8) is 0 Å². The summed E-state index contributed by atoms with van der Waals surface area (Å²) >= 11 is 0. The molecule has 3 rings (SSSR count). The van der Waals surface area contributed by atoms with Crippen LogP contribution < -0.4 is 10.2 Å². The largest absolute Gasteiger partial charge is 0.497 e. The van der Waals surface area contributed by atoms with Gasteiger partial charge in [0.05, 0.1) is 7.11 Å². The molecule has 4 heteroatoms. The van der Waals surface area contributed by atoms with E-state index in [1.165, 1.54) is 38.5 Å². The van der Waals surface area contributed by atoms with Crippen molar-refractivity contribution in [2.24, 2.45) is 17.8 Å². The number of hydrogen-bond acceptors (Lipinski definition) is 3. The van der Waals surface area contributed by atoms with E-state index in [9.17, 15) is 0 Å². The second kappa shape index (κ2) is 8.21. The van der Waals surface area contributed by atoms with E-state index < -0.39 is 0 Å². The zero-order valence-electron chi connectivity index (χ0n) is 14.5. The molecule has 126 valence electrons. The van der Waals surface area contributed by atoms with E-state index in [-0.39, 0.29) is 7.12 Å². The smallest absolute Gasteiger partial charge is 0.493 e. The Morgan fingerprint density at radius 2 is 1.65 bits per heavy atom. The summed E-state index contributed by atoms with van der Waals surface area (Å²) in [5.74, 6) is 3.20. The molecular formula is C19H29BO3. The van der Waals surface area contributed by atoms with Crippen LogP contribution in [0.15, 0.2) is 24.3 Å². The normalized spacial score (nSPS) is 26.3. The summed E-state index contributed by atoms with van der Waals surface area (Å²) in [6.45, 7) is 3.97. The standard InChI is InChI=1S/C19H29BO3/c1-3-4-15-5-7-16(8-6-15)17-13-22-20(23-14-17)18-9-11-19(21-2)12-10-18/h9-12,15-17H,3-8,13-14H2,1-2H3. The quantitative estimate of drug-likeness (QED) is 0.776. The first-order valence-electron chi connectivity index (χ1n) is 9.17. The molecule has 0 amide bonds. The molecule has 0 atom stereocenters. The van der Waals surface area contributed by atoms with Gasteiger partial charge in [0.25, 0.3) is 0 Å². The van der Waals surface area contributed by atoms with Crippen LogP contribution in [0, 0.1) is 17.8 Å². The zero-order chi connectivity index (χ0) is 16.1. The minimum absolute atomic E-state index is 0.214. The molecule has 23 heavy (non-hydrogen) atoms. The molecule has 1 aliphatic heterocycles. The van der Waals surface area contributed by atoms with Gasteiger partial charge in [-0.3, -0.25) is 0 Å². The fourth-order valence-electron chi connectivity index (χ4n) is 4.10. The average molecular weight is 316 g/mol. The van der Waals surface area contributed by atoms with E-state index >= 15 is 0 Å². The van der Waals surface area contributed by atoms with E-state index in [1.807, 2.05) is 24.3 Å². The molecule has 0 unspecified atom stereocenters. The summed E-state index contributed by atoms with van der Waals surface area (Å²) in [7, 11) is 1.47. The number of hydrogen-bond donors (Lipinski definition) is 0. The van der Waals surface area contributed by atoms with Gasteiger partial charge < -0.3 is 14.0 Å². The summed E-state index contributed by atoms with van der Waals surface area (Å²) in [5, 5.41) is 0. The molecule has 3 nitrogen and oxygen atoms in total. The Balaban J connectivity index is 1.46. The van der Waals surface area contributed by atoms with Crippen LogP contribution in [-0.4, -0.2) is 27.4 Å². The maximum Gasteiger partial charge on any atom is 0.493 e. The Bertz CT molecular complexity index is 460. The Morgan fingerprint density at radius 1 is 1.00 bits per heavy atom. The van der Waals surface area contributed by atoms with Crippen molar-refractivity contribution in [1.82, 2.24) is 0 Å². The van der Waals surface area contributed by atoms with Gasteiger partial charge in [-0.15, -0.1) is 0 Å². The molecular weight excluding hydrogens is 287 g/mol. The van der Waals surface area contributed by atoms with Crippen molar-refractivity contribution in [3.8, 4) is 5.75 Å². The molecule has 1 aliphatic carbocycles. The summed E-state index contributed by atoms with van der Waals surface area (Å²) in [4.78, 5) is 0. The lowest BCUT2D eigenvalue weighted by Gasteiger charge is -2.37. The first-order valence-corrected chi connectivity index (χ1v) is 9.17. The Kier molecular flexibility index (Phi) is 6.01. The van der Waals surface area contributed by atoms with Crippen LogP contribution in [0.5, 0.6) is 5.75 Å². The Hall–Kier alpha value is -0.995. The highest BCUT2D eigenvalue weighted by Crippen LogP contribution is 2.36. The summed E-state index contributed by atoms with van der Waals surface area (Å²) in [6.07, 6.45) is 8.25. The zero-order valence-corrected chi connectivity index (χ0v) is 14.5. The monoisotopic (exact) mass is 316 g/mol. The molecule has 0 N–H and O–H groups in total. The molecule has 2 fully saturated rings. The lowest BCUT2D eigenvalue weighted by molar-refractivity contribution is 0.0374. The van der Waals surface area contributed by atoms with Gasteiger partial charge in [-0.2, -0.15) is 0 Å². The number of benzene rings is 1. The van der Waals surface area contributed by atoms with Gasteiger partial charge in [-0.25, -0.2) is 0 Å². The molecule has 1 saturated heterocycles. The van der Waals surface area contributed by atoms with E-state index in [2.05, 4.69) is 6.92 Å². The van der Waals surface area contributed by atoms with Crippen LogP contribution >= 0.6 is 0 Å². The maximum absolute atomic E-state index is 6.01. The molecule has 2 aliphatic rings. The maximum atomic E-state index is 6.01. The highest BCUT2D eigenvalue weighted by Gasteiger charge is 2.34. The Labute approximate surface area is 140 Å². The third-order valence-electron chi connectivity index (χ3n) is 5.57. The molecule has 1 aromatic carbocycles. The third kappa shape index (κ3) is 4.30. The lowest BCUT2D eigenvalue weighted by atomic mass is 9.72. The average Bonchev–Trinajstić information content (AvgIpc) is 2.63. The van der Waals surface area contributed by atoms with Crippen LogP contribution in [0.4, 0.5) is 0 Å². The van der Waals surface area contributed by atoms with Crippen molar-refractivity contribution in [2.45, 2.75) is 45.4 Å². The molecule has 1 heterocycles. The van der Waals surface area contributed by atoms with Crippen LogP contribution in [0.3, 0.4) is 0 Å². The number of rotatable bonds is 5. The number of methoxy groups -OCH3 is 1. The SMILES string of the molecule is CCCC1CCC(C2COB(c3ccc(OC)cc3)OC2)CC1. The van der Waals surface area contributed by atoms with Crippen LogP contribution in [-0.2, 0) is 9.31 Å². The van der Waals surface area contributed by atoms with Crippen molar-refractivity contribution >= 4 is 12.6 Å². The molecule has 0 bridgehead atoms. The predicted molar refractivity (Wildman–Crippen MR) is 94.1 cm³/mol. The predicted octanol–water partition coefficient (Wildman–Crippen LogP) is 3.66. The molecule has 0 radical (unpaired) electrons. The molecule has 0 aromatic heterocycles. The van der Waals surface area contributed by atoms with Gasteiger partial charge >= 0.3 is 7.12 Å². The van der Waals surface area contributed by atoms with Gasteiger partial charge in [-0.05, 0) is 42.3 Å². The molecule has 1 saturated carbocycles. The topological polar surface area (TPSA) is 27.7 Å². The van der Waals surface area contributed by atoms with Crippen molar-refractivity contribution in [3.05, 3.63) is 24.3 Å². The molecule has 0 spiro atoms. The first-order chi connectivity index (χ1) is 11.3. The van der Waals surface area contributed by atoms with Gasteiger partial charge in [-0.1, -0.05) is 44.7 Å². The highest BCUT2D eigenvalue weighted by atomic mass is 16.6. The van der Waals surface area contributed by atoms with E-state index in [0.29, 0.717) is 5.92 Å².